The Balaban J connectivity index is 2.50. The Labute approximate surface area is 90.4 Å². The molecule has 5 nitrogen and oxygen atoms in total. The fraction of sp³-hybridized carbons (Fsp3) is 0.900. The van der Waals surface area contributed by atoms with Crippen molar-refractivity contribution in [3.8, 4) is 0 Å². The summed E-state index contributed by atoms with van der Waals surface area (Å²) in [6.07, 6.45) is -0.873. The quantitative estimate of drug-likeness (QED) is 0.656. The fourth-order valence-electron chi connectivity index (χ4n) is 1.55. The molecule has 0 saturated carbocycles. The molecule has 1 heterocycles. The van der Waals surface area contributed by atoms with Crippen LogP contribution in [0.15, 0.2) is 0 Å². The van der Waals surface area contributed by atoms with Gasteiger partial charge in [0.05, 0.1) is 18.7 Å². The van der Waals surface area contributed by atoms with E-state index in [1.807, 2.05) is 20.8 Å². The van der Waals surface area contributed by atoms with Gasteiger partial charge in [-0.25, -0.2) is 4.79 Å². The first-order valence-corrected chi connectivity index (χ1v) is 5.17. The predicted octanol–water partition coefficient (Wildman–Crippen LogP) is 0.186. The molecule has 0 aromatic heterocycles. The standard InChI is InChI=1S/C10H20N2O3/c1-10(2,3)15-9(14)12-5-7(11-4)8(13)6-12/h7-8,11,13H,5-6H2,1-4H3. The van der Waals surface area contributed by atoms with Crippen molar-refractivity contribution in [2.45, 2.75) is 38.5 Å². The molecule has 0 aliphatic carbocycles. The molecule has 1 aliphatic heterocycles. The van der Waals surface area contributed by atoms with Gasteiger partial charge in [0.1, 0.15) is 5.60 Å². The SMILES string of the molecule is CNC1CN(C(=O)OC(C)(C)C)CC1O. The maximum atomic E-state index is 11.6. The number of aliphatic hydroxyl groups is 1. The monoisotopic (exact) mass is 216 g/mol. The highest BCUT2D eigenvalue weighted by Gasteiger charge is 2.35. The number of β-amino-alcohol motifs (C(OH)–C–C–N with tert-alkyl or cyclic N) is 1. The summed E-state index contributed by atoms with van der Waals surface area (Å²) in [7, 11) is 1.77. The number of hydrogen-bond donors (Lipinski definition) is 2. The van der Waals surface area contributed by atoms with Crippen LogP contribution in [-0.4, -0.2) is 54.0 Å². The zero-order valence-corrected chi connectivity index (χ0v) is 9.78. The van der Waals surface area contributed by atoms with E-state index in [1.165, 1.54) is 4.90 Å². The summed E-state index contributed by atoms with van der Waals surface area (Å²) in [6, 6.07) is -0.0579. The maximum absolute atomic E-state index is 11.6. The van der Waals surface area contributed by atoms with Crippen LogP contribution in [0, 0.1) is 0 Å². The average Bonchev–Trinajstić information content (AvgIpc) is 2.43. The molecular formula is C10H20N2O3. The number of carbonyl (C=O) groups excluding carboxylic acids is 1. The lowest BCUT2D eigenvalue weighted by Gasteiger charge is -2.24. The van der Waals surface area contributed by atoms with E-state index in [-0.39, 0.29) is 12.1 Å². The number of rotatable bonds is 1. The Hall–Kier alpha value is -0.810. The maximum Gasteiger partial charge on any atom is 0.410 e. The van der Waals surface area contributed by atoms with Crippen LogP contribution in [0.4, 0.5) is 4.79 Å². The minimum absolute atomic E-state index is 0.0579. The van der Waals surface area contributed by atoms with Crippen molar-refractivity contribution in [3.63, 3.8) is 0 Å². The zero-order valence-electron chi connectivity index (χ0n) is 9.78. The van der Waals surface area contributed by atoms with Gasteiger partial charge in [-0.3, -0.25) is 0 Å². The molecule has 15 heavy (non-hydrogen) atoms. The number of ether oxygens (including phenoxy) is 1. The first-order valence-electron chi connectivity index (χ1n) is 5.17. The second-order valence-corrected chi connectivity index (χ2v) is 4.85. The molecular weight excluding hydrogens is 196 g/mol. The Morgan fingerprint density at radius 1 is 1.47 bits per heavy atom. The van der Waals surface area contributed by atoms with Crippen LogP contribution >= 0.6 is 0 Å². The van der Waals surface area contributed by atoms with Gasteiger partial charge in [0, 0.05) is 6.54 Å². The van der Waals surface area contributed by atoms with Crippen LogP contribution in [0.1, 0.15) is 20.8 Å². The van der Waals surface area contributed by atoms with E-state index < -0.39 is 11.7 Å². The molecule has 0 radical (unpaired) electrons. The third kappa shape index (κ3) is 3.35. The van der Waals surface area contributed by atoms with Gasteiger partial charge in [0.15, 0.2) is 0 Å². The molecule has 0 aromatic rings. The average molecular weight is 216 g/mol. The highest BCUT2D eigenvalue weighted by Crippen LogP contribution is 2.15. The highest BCUT2D eigenvalue weighted by atomic mass is 16.6. The summed E-state index contributed by atoms with van der Waals surface area (Å²) >= 11 is 0. The lowest BCUT2D eigenvalue weighted by molar-refractivity contribution is 0.0270. The normalized spacial score (nSPS) is 26.9. The third-order valence-electron chi connectivity index (χ3n) is 2.31. The van der Waals surface area contributed by atoms with Gasteiger partial charge >= 0.3 is 6.09 Å². The second kappa shape index (κ2) is 4.37. The Morgan fingerprint density at radius 3 is 2.47 bits per heavy atom. The largest absolute Gasteiger partial charge is 0.444 e. The number of aliphatic hydroxyl groups excluding tert-OH is 1. The van der Waals surface area contributed by atoms with Crippen LogP contribution in [0.25, 0.3) is 0 Å². The number of likely N-dealkylation sites (N-methyl/N-ethyl adjacent to an activating group) is 1. The van der Waals surface area contributed by atoms with Gasteiger partial charge in [-0.05, 0) is 27.8 Å². The van der Waals surface area contributed by atoms with Crippen molar-refractivity contribution in [2.75, 3.05) is 20.1 Å². The van der Waals surface area contributed by atoms with E-state index in [1.54, 1.807) is 7.05 Å². The van der Waals surface area contributed by atoms with Gasteiger partial charge in [-0.1, -0.05) is 0 Å². The molecule has 0 spiro atoms. The molecule has 1 aliphatic rings. The molecule has 1 saturated heterocycles. The van der Waals surface area contributed by atoms with Crippen molar-refractivity contribution < 1.29 is 14.6 Å². The molecule has 88 valence electrons. The van der Waals surface area contributed by atoms with Crippen molar-refractivity contribution in [3.05, 3.63) is 0 Å². The van der Waals surface area contributed by atoms with Gasteiger partial charge in [-0.2, -0.15) is 0 Å². The molecule has 1 fully saturated rings. The molecule has 2 N–H and O–H groups in total. The van der Waals surface area contributed by atoms with Crippen molar-refractivity contribution in [2.24, 2.45) is 0 Å². The number of nitrogens with zero attached hydrogens (tertiary/aromatic N) is 1. The van der Waals surface area contributed by atoms with Crippen LogP contribution in [0.5, 0.6) is 0 Å². The summed E-state index contributed by atoms with van der Waals surface area (Å²) in [4.78, 5) is 13.2. The highest BCUT2D eigenvalue weighted by molar-refractivity contribution is 5.68. The number of nitrogens with one attached hydrogen (secondary N) is 1. The molecule has 2 atom stereocenters. The number of amides is 1. The first kappa shape index (κ1) is 12.3. The Bertz CT molecular complexity index is 237. The van der Waals surface area contributed by atoms with Crippen molar-refractivity contribution in [1.29, 1.82) is 0 Å². The topological polar surface area (TPSA) is 61.8 Å². The zero-order chi connectivity index (χ0) is 11.6. The van der Waals surface area contributed by atoms with Crippen LogP contribution in [-0.2, 0) is 4.74 Å². The number of hydrogen-bond acceptors (Lipinski definition) is 4. The second-order valence-electron chi connectivity index (χ2n) is 4.85. The summed E-state index contributed by atoms with van der Waals surface area (Å²) < 4.78 is 5.21. The van der Waals surface area contributed by atoms with Gasteiger partial charge in [-0.15, -0.1) is 0 Å². The van der Waals surface area contributed by atoms with E-state index in [0.29, 0.717) is 13.1 Å². The summed E-state index contributed by atoms with van der Waals surface area (Å²) in [5.74, 6) is 0. The van der Waals surface area contributed by atoms with Crippen molar-refractivity contribution in [1.82, 2.24) is 10.2 Å². The number of carbonyl (C=O) groups is 1. The van der Waals surface area contributed by atoms with Gasteiger partial charge in [0.2, 0.25) is 0 Å². The van der Waals surface area contributed by atoms with Crippen LogP contribution in [0.3, 0.4) is 0 Å². The summed E-state index contributed by atoms with van der Waals surface area (Å²) in [5.41, 5.74) is -0.486. The fourth-order valence-corrected chi connectivity index (χ4v) is 1.55. The molecule has 1 rings (SSSR count). The molecule has 1 amide bonds. The summed E-state index contributed by atoms with van der Waals surface area (Å²) in [5, 5.41) is 12.6. The van der Waals surface area contributed by atoms with Crippen molar-refractivity contribution >= 4 is 6.09 Å². The van der Waals surface area contributed by atoms with Crippen LogP contribution < -0.4 is 5.32 Å². The molecule has 0 aromatic carbocycles. The first-order chi connectivity index (χ1) is 6.83. The summed E-state index contributed by atoms with van der Waals surface area (Å²) in [6.45, 7) is 6.31. The van der Waals surface area contributed by atoms with E-state index in [4.69, 9.17) is 4.74 Å². The predicted molar refractivity (Wildman–Crippen MR) is 56.7 cm³/mol. The van der Waals surface area contributed by atoms with E-state index in [2.05, 4.69) is 5.32 Å². The minimum Gasteiger partial charge on any atom is -0.444 e. The minimum atomic E-state index is -0.512. The van der Waals surface area contributed by atoms with E-state index in [0.717, 1.165) is 0 Å². The lowest BCUT2D eigenvalue weighted by atomic mass is 10.2. The smallest absolute Gasteiger partial charge is 0.410 e. The Kier molecular flexibility index (Phi) is 3.57. The lowest BCUT2D eigenvalue weighted by Crippen LogP contribution is -2.38. The Morgan fingerprint density at radius 2 is 2.07 bits per heavy atom. The molecule has 0 bridgehead atoms. The van der Waals surface area contributed by atoms with E-state index in [9.17, 15) is 9.90 Å². The number of likely N-dealkylation sites (tertiary alicyclic amines) is 1. The molecule has 5 heteroatoms. The van der Waals surface area contributed by atoms with Gasteiger partial charge in [0.25, 0.3) is 0 Å². The van der Waals surface area contributed by atoms with Crippen LogP contribution in [0.2, 0.25) is 0 Å². The van der Waals surface area contributed by atoms with Gasteiger partial charge < -0.3 is 20.1 Å². The molecule has 2 unspecified atom stereocenters. The third-order valence-corrected chi connectivity index (χ3v) is 2.31. The van der Waals surface area contributed by atoms with E-state index >= 15 is 0 Å².